The van der Waals surface area contributed by atoms with Crippen LogP contribution in [0.4, 0.5) is 20.6 Å². The largest absolute Gasteiger partial charge is 0.494 e. The van der Waals surface area contributed by atoms with Gasteiger partial charge in [0.25, 0.3) is 0 Å². The molecule has 0 aromatic heterocycles. The van der Waals surface area contributed by atoms with Gasteiger partial charge in [0, 0.05) is 6.42 Å². The number of anilines is 2. The zero-order valence-electron chi connectivity index (χ0n) is 16.3. The maximum Gasteiger partial charge on any atom is 0.412 e. The van der Waals surface area contributed by atoms with Crippen molar-refractivity contribution < 1.29 is 23.5 Å². The van der Waals surface area contributed by atoms with Crippen LogP contribution in [0, 0.1) is 5.82 Å². The van der Waals surface area contributed by atoms with Crippen molar-refractivity contribution in [2.45, 2.75) is 39.2 Å². The van der Waals surface area contributed by atoms with Crippen molar-refractivity contribution in [1.82, 2.24) is 0 Å². The van der Waals surface area contributed by atoms with E-state index < -0.39 is 17.5 Å². The fraction of sp³-hybridized carbons (Fsp3) is 0.333. The highest BCUT2D eigenvalue weighted by molar-refractivity contribution is 5.97. The van der Waals surface area contributed by atoms with Gasteiger partial charge in [-0.25, -0.2) is 9.18 Å². The van der Waals surface area contributed by atoms with Gasteiger partial charge in [-0.3, -0.25) is 10.1 Å². The van der Waals surface area contributed by atoms with E-state index in [0.29, 0.717) is 13.0 Å². The standard InChI is InChI=1S/C21H25FN2O4/c1-21(2,3)28-20(26)24-17-12-11-15(22)14-18(17)23-19(25)10-7-13-27-16-8-5-4-6-9-16/h4-6,8-9,11-12,14H,7,10,13H2,1-3H3,(H,23,25)(H,24,26). The number of hydrogen-bond donors (Lipinski definition) is 2. The highest BCUT2D eigenvalue weighted by Gasteiger charge is 2.18. The molecule has 0 heterocycles. The van der Waals surface area contributed by atoms with Crippen LogP contribution >= 0.6 is 0 Å². The summed E-state index contributed by atoms with van der Waals surface area (Å²) in [4.78, 5) is 24.1. The lowest BCUT2D eigenvalue weighted by atomic mass is 10.2. The first kappa shape index (κ1) is 21.2. The first-order valence-corrected chi connectivity index (χ1v) is 9.00. The molecule has 0 saturated heterocycles. The van der Waals surface area contributed by atoms with Crippen LogP contribution in [0.5, 0.6) is 5.75 Å². The minimum atomic E-state index is -0.689. The molecule has 0 unspecified atom stereocenters. The number of carbonyl (C=O) groups excluding carboxylic acids is 2. The van der Waals surface area contributed by atoms with Gasteiger partial charge >= 0.3 is 6.09 Å². The molecule has 2 rings (SSSR count). The van der Waals surface area contributed by atoms with Crippen LogP contribution in [0.3, 0.4) is 0 Å². The maximum atomic E-state index is 13.6. The Kier molecular flexibility index (Phi) is 7.37. The van der Waals surface area contributed by atoms with Gasteiger partial charge in [-0.1, -0.05) is 18.2 Å². The van der Waals surface area contributed by atoms with Crippen LogP contribution in [0.1, 0.15) is 33.6 Å². The third kappa shape index (κ3) is 7.65. The molecule has 2 aromatic carbocycles. The topological polar surface area (TPSA) is 76.7 Å². The van der Waals surface area contributed by atoms with Crippen molar-refractivity contribution in [2.24, 2.45) is 0 Å². The van der Waals surface area contributed by atoms with Gasteiger partial charge in [0.2, 0.25) is 5.91 Å². The SMILES string of the molecule is CC(C)(C)OC(=O)Nc1ccc(F)cc1NC(=O)CCCOc1ccccc1. The Labute approximate surface area is 164 Å². The number of benzene rings is 2. The summed E-state index contributed by atoms with van der Waals surface area (Å²) >= 11 is 0. The molecule has 2 aromatic rings. The van der Waals surface area contributed by atoms with Gasteiger partial charge in [0.15, 0.2) is 0 Å². The molecular weight excluding hydrogens is 363 g/mol. The molecule has 2 amide bonds. The van der Waals surface area contributed by atoms with Gasteiger partial charge in [0.05, 0.1) is 18.0 Å². The molecule has 28 heavy (non-hydrogen) atoms. The van der Waals surface area contributed by atoms with E-state index in [4.69, 9.17) is 9.47 Å². The predicted octanol–water partition coefficient (Wildman–Crippen LogP) is 4.97. The second kappa shape index (κ2) is 9.73. The molecule has 7 heteroatoms. The number of hydrogen-bond acceptors (Lipinski definition) is 4. The molecule has 150 valence electrons. The van der Waals surface area contributed by atoms with Gasteiger partial charge < -0.3 is 14.8 Å². The molecule has 0 radical (unpaired) electrons. The number of carbonyl (C=O) groups is 2. The lowest BCUT2D eigenvalue weighted by Gasteiger charge is -2.20. The van der Waals surface area contributed by atoms with E-state index >= 15 is 0 Å². The maximum absolute atomic E-state index is 13.6. The molecule has 0 bridgehead atoms. The van der Waals surface area contributed by atoms with Crippen LogP contribution in [0.2, 0.25) is 0 Å². The molecule has 0 aliphatic heterocycles. The van der Waals surface area contributed by atoms with E-state index in [9.17, 15) is 14.0 Å². The quantitative estimate of drug-likeness (QED) is 0.657. The highest BCUT2D eigenvalue weighted by atomic mass is 19.1. The zero-order chi connectivity index (χ0) is 20.6. The van der Waals surface area contributed by atoms with Crippen molar-refractivity contribution in [1.29, 1.82) is 0 Å². The van der Waals surface area contributed by atoms with Crippen molar-refractivity contribution in [3.8, 4) is 5.75 Å². The van der Waals surface area contributed by atoms with Crippen molar-refractivity contribution in [3.05, 3.63) is 54.3 Å². The predicted molar refractivity (Wildman–Crippen MR) is 106 cm³/mol. The number of nitrogens with one attached hydrogen (secondary N) is 2. The minimum Gasteiger partial charge on any atom is -0.494 e. The fourth-order valence-electron chi connectivity index (χ4n) is 2.29. The number of halogens is 1. The Balaban J connectivity index is 1.88. The summed E-state index contributed by atoms with van der Waals surface area (Å²) in [6.07, 6.45) is -0.00836. The highest BCUT2D eigenvalue weighted by Crippen LogP contribution is 2.24. The Morgan fingerprint density at radius 2 is 1.71 bits per heavy atom. The lowest BCUT2D eigenvalue weighted by Crippen LogP contribution is -2.27. The van der Waals surface area contributed by atoms with Gasteiger partial charge in [-0.15, -0.1) is 0 Å². The lowest BCUT2D eigenvalue weighted by molar-refractivity contribution is -0.116. The van der Waals surface area contributed by atoms with E-state index in [-0.39, 0.29) is 23.7 Å². The molecule has 2 N–H and O–H groups in total. The molecule has 0 aliphatic rings. The Bertz CT molecular complexity index is 804. The number of ether oxygens (including phenoxy) is 2. The second-order valence-electron chi connectivity index (χ2n) is 7.13. The van der Waals surface area contributed by atoms with Gasteiger partial charge in [-0.2, -0.15) is 0 Å². The summed E-state index contributed by atoms with van der Waals surface area (Å²) < 4.78 is 24.3. The summed E-state index contributed by atoms with van der Waals surface area (Å²) in [6.45, 7) is 5.58. The normalized spacial score (nSPS) is 10.9. The smallest absolute Gasteiger partial charge is 0.412 e. The van der Waals surface area contributed by atoms with Crippen molar-refractivity contribution in [2.75, 3.05) is 17.2 Å². The molecule has 0 atom stereocenters. The van der Waals surface area contributed by atoms with Crippen LogP contribution in [0.15, 0.2) is 48.5 Å². The summed E-state index contributed by atoms with van der Waals surface area (Å²) in [5.41, 5.74) is -0.254. The van der Waals surface area contributed by atoms with Crippen LogP contribution in [-0.2, 0) is 9.53 Å². The first-order valence-electron chi connectivity index (χ1n) is 9.00. The first-order chi connectivity index (χ1) is 13.2. The summed E-state index contributed by atoms with van der Waals surface area (Å²) in [5, 5.41) is 5.13. The Hall–Kier alpha value is -3.09. The van der Waals surface area contributed by atoms with Gasteiger partial charge in [-0.05, 0) is 57.5 Å². The molecule has 0 fully saturated rings. The molecule has 0 saturated carbocycles. The summed E-state index contributed by atoms with van der Waals surface area (Å²) in [6, 6.07) is 13.0. The minimum absolute atomic E-state index is 0.167. The zero-order valence-corrected chi connectivity index (χ0v) is 16.3. The molecule has 0 aliphatic carbocycles. The summed E-state index contributed by atoms with van der Waals surface area (Å²) in [7, 11) is 0. The van der Waals surface area contributed by atoms with Crippen molar-refractivity contribution >= 4 is 23.4 Å². The third-order valence-corrected chi connectivity index (χ3v) is 3.45. The van der Waals surface area contributed by atoms with Crippen molar-refractivity contribution in [3.63, 3.8) is 0 Å². The van der Waals surface area contributed by atoms with Gasteiger partial charge in [0.1, 0.15) is 17.2 Å². The van der Waals surface area contributed by atoms with E-state index in [0.717, 1.165) is 11.8 Å². The monoisotopic (exact) mass is 388 g/mol. The Morgan fingerprint density at radius 3 is 2.39 bits per heavy atom. The number of para-hydroxylation sites is 1. The van der Waals surface area contributed by atoms with E-state index in [1.54, 1.807) is 20.8 Å². The number of rotatable bonds is 7. The number of amides is 2. The third-order valence-electron chi connectivity index (χ3n) is 3.45. The summed E-state index contributed by atoms with van der Waals surface area (Å²) in [5.74, 6) is -0.108. The van der Waals surface area contributed by atoms with E-state index in [1.165, 1.54) is 12.1 Å². The van der Waals surface area contributed by atoms with Crippen LogP contribution in [-0.4, -0.2) is 24.2 Å². The molecule has 6 nitrogen and oxygen atoms in total. The molecule has 0 spiro atoms. The molecular formula is C21H25FN2O4. The fourth-order valence-corrected chi connectivity index (χ4v) is 2.29. The average Bonchev–Trinajstić information content (AvgIpc) is 2.60. The Morgan fingerprint density at radius 1 is 1.00 bits per heavy atom. The van der Waals surface area contributed by atoms with E-state index in [2.05, 4.69) is 10.6 Å². The average molecular weight is 388 g/mol. The van der Waals surface area contributed by atoms with Crippen LogP contribution < -0.4 is 15.4 Å². The van der Waals surface area contributed by atoms with Crippen LogP contribution in [0.25, 0.3) is 0 Å². The van der Waals surface area contributed by atoms with E-state index in [1.807, 2.05) is 30.3 Å². The second-order valence-corrected chi connectivity index (χ2v) is 7.13.